The van der Waals surface area contributed by atoms with Crippen molar-refractivity contribution in [3.8, 4) is 11.5 Å². The highest BCUT2D eigenvalue weighted by Crippen LogP contribution is 2.29. The molecule has 0 bridgehead atoms. The number of amides is 1. The van der Waals surface area contributed by atoms with E-state index < -0.39 is 5.91 Å². The summed E-state index contributed by atoms with van der Waals surface area (Å²) < 4.78 is 10.6. The highest BCUT2D eigenvalue weighted by atomic mass is 16.5. The van der Waals surface area contributed by atoms with Gasteiger partial charge in [-0.2, -0.15) is 5.10 Å². The van der Waals surface area contributed by atoms with Gasteiger partial charge in [0.1, 0.15) is 11.5 Å². The van der Waals surface area contributed by atoms with Crippen molar-refractivity contribution < 1.29 is 14.3 Å². The Hall–Kier alpha value is -3.35. The number of benzene rings is 2. The molecule has 2 N–H and O–H groups in total. The molecule has 0 aliphatic heterocycles. The van der Waals surface area contributed by atoms with Crippen LogP contribution in [0.1, 0.15) is 29.0 Å². The van der Waals surface area contributed by atoms with E-state index in [0.29, 0.717) is 22.3 Å². The molecule has 0 unspecified atom stereocenters. The van der Waals surface area contributed by atoms with Gasteiger partial charge in [-0.3, -0.25) is 9.59 Å². The maximum Gasteiger partial charge on any atom is 0.272 e. The summed E-state index contributed by atoms with van der Waals surface area (Å²) in [7, 11) is 3.14. The summed E-state index contributed by atoms with van der Waals surface area (Å²) in [6, 6.07) is 11.9. The van der Waals surface area contributed by atoms with Crippen molar-refractivity contribution in [2.45, 2.75) is 13.0 Å². The van der Waals surface area contributed by atoms with Crippen molar-refractivity contribution in [1.29, 1.82) is 0 Å². The number of ether oxygens (including phenoxy) is 2. The van der Waals surface area contributed by atoms with Crippen LogP contribution < -0.4 is 20.3 Å². The largest absolute Gasteiger partial charge is 0.497 e. The number of nitrogens with one attached hydrogen (secondary N) is 2. The molecule has 2 aromatic carbocycles. The predicted molar refractivity (Wildman–Crippen MR) is 97.8 cm³/mol. The summed E-state index contributed by atoms with van der Waals surface area (Å²) in [5, 5.41) is 10.1. The molecule has 0 aliphatic carbocycles. The number of aromatic nitrogens is 2. The number of carbonyl (C=O) groups excluding carboxylic acids is 1. The zero-order valence-electron chi connectivity index (χ0n) is 14.7. The summed E-state index contributed by atoms with van der Waals surface area (Å²) in [6.45, 7) is 1.84. The molecule has 134 valence electrons. The number of carbonyl (C=O) groups is 1. The molecule has 0 saturated carbocycles. The highest BCUT2D eigenvalue weighted by molar-refractivity contribution is 6.04. The van der Waals surface area contributed by atoms with Gasteiger partial charge in [0.25, 0.3) is 11.5 Å². The van der Waals surface area contributed by atoms with Crippen LogP contribution in [0.4, 0.5) is 0 Å². The first-order chi connectivity index (χ1) is 12.5. The zero-order chi connectivity index (χ0) is 18.7. The van der Waals surface area contributed by atoms with Crippen molar-refractivity contribution in [2.24, 2.45) is 0 Å². The number of fused-ring (bicyclic) bond motifs is 1. The molecule has 0 aliphatic rings. The number of rotatable bonds is 5. The van der Waals surface area contributed by atoms with E-state index in [9.17, 15) is 9.59 Å². The number of methoxy groups -OCH3 is 2. The third kappa shape index (κ3) is 3.23. The fourth-order valence-corrected chi connectivity index (χ4v) is 2.81. The van der Waals surface area contributed by atoms with Crippen LogP contribution in [0, 0.1) is 0 Å². The lowest BCUT2D eigenvalue weighted by Crippen LogP contribution is -2.29. The molecule has 7 heteroatoms. The first-order valence-electron chi connectivity index (χ1n) is 8.05. The summed E-state index contributed by atoms with van der Waals surface area (Å²) in [5.41, 5.74) is 0.600. The van der Waals surface area contributed by atoms with Gasteiger partial charge < -0.3 is 14.8 Å². The van der Waals surface area contributed by atoms with E-state index in [2.05, 4.69) is 15.5 Å². The van der Waals surface area contributed by atoms with Gasteiger partial charge in [-0.15, -0.1) is 0 Å². The van der Waals surface area contributed by atoms with Gasteiger partial charge in [-0.1, -0.05) is 18.2 Å². The van der Waals surface area contributed by atoms with Gasteiger partial charge in [-0.25, -0.2) is 5.10 Å². The minimum Gasteiger partial charge on any atom is -0.497 e. The van der Waals surface area contributed by atoms with E-state index in [4.69, 9.17) is 9.47 Å². The molecule has 26 heavy (non-hydrogen) atoms. The molecule has 0 saturated heterocycles. The van der Waals surface area contributed by atoms with Crippen LogP contribution in [0.25, 0.3) is 10.8 Å². The number of H-pyrrole nitrogens is 1. The maximum atomic E-state index is 12.7. The van der Waals surface area contributed by atoms with Crippen LogP contribution >= 0.6 is 0 Å². The second-order valence-electron chi connectivity index (χ2n) is 5.75. The predicted octanol–water partition coefficient (Wildman–Crippen LogP) is 2.43. The molecule has 7 nitrogen and oxygen atoms in total. The van der Waals surface area contributed by atoms with Crippen LogP contribution in [0.3, 0.4) is 0 Å². The molecule has 1 heterocycles. The summed E-state index contributed by atoms with van der Waals surface area (Å²) in [6.07, 6.45) is 0. The average Bonchev–Trinajstić information content (AvgIpc) is 2.67. The zero-order valence-corrected chi connectivity index (χ0v) is 14.7. The lowest BCUT2D eigenvalue weighted by Gasteiger charge is -2.18. The van der Waals surface area contributed by atoms with E-state index in [1.165, 1.54) is 0 Å². The molecule has 1 aromatic heterocycles. The molecule has 1 atom stereocenters. The normalized spacial score (nSPS) is 11.8. The smallest absolute Gasteiger partial charge is 0.272 e. The van der Waals surface area contributed by atoms with Crippen molar-refractivity contribution in [1.82, 2.24) is 15.5 Å². The van der Waals surface area contributed by atoms with Crippen molar-refractivity contribution in [3.63, 3.8) is 0 Å². The Morgan fingerprint density at radius 3 is 2.54 bits per heavy atom. The van der Waals surface area contributed by atoms with Crippen molar-refractivity contribution in [3.05, 3.63) is 64.1 Å². The Morgan fingerprint density at radius 2 is 1.85 bits per heavy atom. The van der Waals surface area contributed by atoms with Crippen LogP contribution in [0.2, 0.25) is 0 Å². The van der Waals surface area contributed by atoms with Gasteiger partial charge >= 0.3 is 0 Å². The topological polar surface area (TPSA) is 93.3 Å². The summed E-state index contributed by atoms with van der Waals surface area (Å²) in [5.74, 6) is 0.905. The maximum absolute atomic E-state index is 12.7. The Labute approximate surface area is 150 Å². The molecular weight excluding hydrogens is 334 g/mol. The fourth-order valence-electron chi connectivity index (χ4n) is 2.81. The minimum absolute atomic E-state index is 0.161. The summed E-state index contributed by atoms with van der Waals surface area (Å²) >= 11 is 0. The average molecular weight is 353 g/mol. The van der Waals surface area contributed by atoms with E-state index in [1.54, 1.807) is 50.6 Å². The van der Waals surface area contributed by atoms with Crippen LogP contribution in [0.15, 0.2) is 47.3 Å². The first kappa shape index (κ1) is 17.5. The molecule has 3 rings (SSSR count). The van der Waals surface area contributed by atoms with E-state index in [-0.39, 0.29) is 17.3 Å². The van der Waals surface area contributed by atoms with Crippen molar-refractivity contribution in [2.75, 3.05) is 14.2 Å². The van der Waals surface area contributed by atoms with Gasteiger partial charge in [0.2, 0.25) is 0 Å². The van der Waals surface area contributed by atoms with E-state index in [0.717, 1.165) is 5.56 Å². The number of aromatic amines is 1. The standard InChI is InChI=1S/C19H19N3O4/c1-11(15-10-12(25-2)8-9-16(15)26-3)20-19(24)17-13-6-4-5-7-14(13)18(23)22-21-17/h4-11H,1-3H3,(H,20,24)(H,22,23)/t11-/m1/s1. The molecule has 3 aromatic rings. The van der Waals surface area contributed by atoms with Crippen LogP contribution in [-0.4, -0.2) is 30.3 Å². The quantitative estimate of drug-likeness (QED) is 0.735. The second-order valence-corrected chi connectivity index (χ2v) is 5.75. The second kappa shape index (κ2) is 7.26. The van der Waals surface area contributed by atoms with Gasteiger partial charge in [-0.05, 0) is 31.2 Å². The van der Waals surface area contributed by atoms with E-state index >= 15 is 0 Å². The molecule has 0 radical (unpaired) electrons. The van der Waals surface area contributed by atoms with Crippen molar-refractivity contribution >= 4 is 16.7 Å². The Bertz CT molecular complexity index is 1010. The Balaban J connectivity index is 1.94. The third-order valence-corrected chi connectivity index (χ3v) is 4.16. The first-order valence-corrected chi connectivity index (χ1v) is 8.05. The SMILES string of the molecule is COc1ccc(OC)c([C@@H](C)NC(=O)c2n[nH]c(=O)c3ccccc23)c1. The van der Waals surface area contributed by atoms with Crippen LogP contribution in [0.5, 0.6) is 11.5 Å². The van der Waals surface area contributed by atoms with Gasteiger partial charge in [0.15, 0.2) is 5.69 Å². The minimum atomic E-state index is -0.394. The monoisotopic (exact) mass is 353 g/mol. The lowest BCUT2D eigenvalue weighted by molar-refractivity contribution is 0.0935. The molecule has 0 fully saturated rings. The Kier molecular flexibility index (Phi) is 4.88. The number of hydrogen-bond donors (Lipinski definition) is 2. The third-order valence-electron chi connectivity index (χ3n) is 4.16. The number of hydrogen-bond acceptors (Lipinski definition) is 5. The van der Waals surface area contributed by atoms with Gasteiger partial charge in [0.05, 0.1) is 25.6 Å². The van der Waals surface area contributed by atoms with Crippen LogP contribution in [-0.2, 0) is 0 Å². The number of nitrogens with zero attached hydrogens (tertiary/aromatic N) is 1. The molecule has 1 amide bonds. The Morgan fingerprint density at radius 1 is 1.12 bits per heavy atom. The highest BCUT2D eigenvalue weighted by Gasteiger charge is 2.19. The van der Waals surface area contributed by atoms with E-state index in [1.807, 2.05) is 13.0 Å². The molecular formula is C19H19N3O4. The van der Waals surface area contributed by atoms with Gasteiger partial charge in [0, 0.05) is 10.9 Å². The fraction of sp³-hybridized carbons (Fsp3) is 0.211. The lowest BCUT2D eigenvalue weighted by atomic mass is 10.1. The summed E-state index contributed by atoms with van der Waals surface area (Å²) in [4.78, 5) is 24.6. The molecule has 0 spiro atoms.